The van der Waals surface area contributed by atoms with Crippen LogP contribution in [-0.4, -0.2) is 41.8 Å². The van der Waals surface area contributed by atoms with Gasteiger partial charge in [-0.1, -0.05) is 13.0 Å². The zero-order valence-corrected chi connectivity index (χ0v) is 18.4. The highest BCUT2D eigenvalue weighted by Crippen LogP contribution is 2.56. The molecule has 1 aliphatic rings. The normalized spacial score (nSPS) is 24.6. The van der Waals surface area contributed by atoms with E-state index >= 15 is 0 Å². The van der Waals surface area contributed by atoms with Crippen molar-refractivity contribution in [2.24, 2.45) is 11.7 Å². The highest BCUT2D eigenvalue weighted by molar-refractivity contribution is 5.97. The summed E-state index contributed by atoms with van der Waals surface area (Å²) in [5.41, 5.74) is 2.09. The lowest BCUT2D eigenvalue weighted by molar-refractivity contribution is -0.274. The first-order valence-electron chi connectivity index (χ1n) is 10.2. The summed E-state index contributed by atoms with van der Waals surface area (Å²) in [4.78, 5) is 28.2. The maximum atomic E-state index is 14.5. The fraction of sp³-hybridized carbons (Fsp3) is 0.409. The third kappa shape index (κ3) is 4.29. The number of hydrogen-bond donors (Lipinski definition) is 2. The predicted molar refractivity (Wildman–Crippen MR) is 110 cm³/mol. The summed E-state index contributed by atoms with van der Waals surface area (Å²) in [6, 6.07) is 4.27. The Hall–Kier alpha value is -3.28. The molecule has 1 aromatic heterocycles. The van der Waals surface area contributed by atoms with E-state index in [1.54, 1.807) is 0 Å². The molecule has 0 bridgehead atoms. The van der Waals surface area contributed by atoms with Crippen molar-refractivity contribution in [3.05, 3.63) is 53.4 Å². The molecule has 1 fully saturated rings. The molecule has 34 heavy (non-hydrogen) atoms. The minimum atomic E-state index is -4.89. The Kier molecular flexibility index (Phi) is 6.83. The Morgan fingerprint density at radius 2 is 1.94 bits per heavy atom. The standard InChI is InChI=1S/C22H22F5N3O4/c1-4-12-15(11-5-6-13(23)16(24)17(11)33-3)18(34-21(12,2)22(25,26)27)20(32)30-10-7-8-29-14(9-10)19(28)31/h5-9,12,15,18H,4H2,1-3H3,(H2,28,31)(H,29,30,32)/t12-,15+,18+,21+/m1/s1. The number of primary amides is 1. The molecule has 3 rings (SSSR count). The molecule has 3 N–H and O–H groups in total. The van der Waals surface area contributed by atoms with Gasteiger partial charge >= 0.3 is 6.18 Å². The second-order valence-corrected chi connectivity index (χ2v) is 7.95. The van der Waals surface area contributed by atoms with E-state index in [4.69, 9.17) is 15.2 Å². The monoisotopic (exact) mass is 487 g/mol. The van der Waals surface area contributed by atoms with E-state index < -0.39 is 58.9 Å². The molecule has 7 nitrogen and oxygen atoms in total. The minimum absolute atomic E-state index is 0.0297. The number of nitrogens with zero attached hydrogens (tertiary/aromatic N) is 1. The van der Waals surface area contributed by atoms with Gasteiger partial charge in [0.1, 0.15) is 11.8 Å². The van der Waals surface area contributed by atoms with Gasteiger partial charge in [-0.2, -0.15) is 17.6 Å². The smallest absolute Gasteiger partial charge is 0.417 e. The molecule has 12 heteroatoms. The molecule has 2 amide bonds. The van der Waals surface area contributed by atoms with Gasteiger partial charge in [-0.3, -0.25) is 14.6 Å². The first-order valence-corrected chi connectivity index (χ1v) is 10.2. The van der Waals surface area contributed by atoms with Crippen molar-refractivity contribution in [3.8, 4) is 5.75 Å². The number of benzene rings is 1. The van der Waals surface area contributed by atoms with E-state index in [0.717, 1.165) is 32.2 Å². The molecule has 2 heterocycles. The van der Waals surface area contributed by atoms with Gasteiger partial charge in [-0.15, -0.1) is 0 Å². The van der Waals surface area contributed by atoms with Gasteiger partial charge in [-0.05, 0) is 31.5 Å². The van der Waals surface area contributed by atoms with Crippen molar-refractivity contribution in [2.75, 3.05) is 12.4 Å². The molecule has 1 aromatic carbocycles. The Balaban J connectivity index is 2.11. The number of ether oxygens (including phenoxy) is 2. The SMILES string of the molecule is CC[C@@H]1[C@H](c2ccc(F)c(F)c2OC)[C@@H](C(=O)Nc2ccnc(C(N)=O)c2)O[C@]1(C)C(F)(F)F. The van der Waals surface area contributed by atoms with Gasteiger partial charge in [0.05, 0.1) is 7.11 Å². The number of alkyl halides is 3. The average molecular weight is 487 g/mol. The van der Waals surface area contributed by atoms with Crippen molar-refractivity contribution in [1.82, 2.24) is 4.98 Å². The Morgan fingerprint density at radius 3 is 2.50 bits per heavy atom. The van der Waals surface area contributed by atoms with Crippen molar-refractivity contribution in [3.63, 3.8) is 0 Å². The highest BCUT2D eigenvalue weighted by Gasteiger charge is 2.66. The number of pyridine rings is 1. The fourth-order valence-corrected chi connectivity index (χ4v) is 4.37. The van der Waals surface area contributed by atoms with E-state index in [-0.39, 0.29) is 23.4 Å². The number of methoxy groups -OCH3 is 1. The summed E-state index contributed by atoms with van der Waals surface area (Å²) in [6.45, 7) is 2.28. The first kappa shape index (κ1) is 25.3. The second kappa shape index (κ2) is 9.16. The quantitative estimate of drug-likeness (QED) is 0.601. The number of nitrogens with two attached hydrogens (primary N) is 1. The number of nitrogens with one attached hydrogen (secondary N) is 1. The lowest BCUT2D eigenvalue weighted by Crippen LogP contribution is -2.48. The molecule has 1 aliphatic heterocycles. The Bertz CT molecular complexity index is 1110. The number of halogens is 5. The molecule has 184 valence electrons. The number of anilines is 1. The van der Waals surface area contributed by atoms with Crippen molar-refractivity contribution < 1.29 is 41.0 Å². The van der Waals surface area contributed by atoms with Gasteiger partial charge in [0.2, 0.25) is 5.82 Å². The average Bonchev–Trinajstić information content (AvgIpc) is 3.09. The Morgan fingerprint density at radius 1 is 1.26 bits per heavy atom. The van der Waals surface area contributed by atoms with Gasteiger partial charge < -0.3 is 20.5 Å². The zero-order valence-electron chi connectivity index (χ0n) is 18.4. The number of carbonyl (C=O) groups excluding carboxylic acids is 2. The van der Waals surface area contributed by atoms with Gasteiger partial charge in [-0.25, -0.2) is 4.39 Å². The van der Waals surface area contributed by atoms with Crippen LogP contribution in [0.25, 0.3) is 0 Å². The number of hydrogen-bond acceptors (Lipinski definition) is 5. The van der Waals surface area contributed by atoms with Crippen LogP contribution in [0.5, 0.6) is 5.75 Å². The summed E-state index contributed by atoms with van der Waals surface area (Å²) in [7, 11) is 1.04. The number of aromatic nitrogens is 1. The largest absolute Gasteiger partial charge is 0.493 e. The van der Waals surface area contributed by atoms with Crippen LogP contribution in [0.4, 0.5) is 27.6 Å². The summed E-state index contributed by atoms with van der Waals surface area (Å²) in [5, 5.41) is 2.39. The lowest BCUT2D eigenvalue weighted by Gasteiger charge is -2.33. The predicted octanol–water partition coefficient (Wildman–Crippen LogP) is 3.94. The lowest BCUT2D eigenvalue weighted by atomic mass is 9.74. The molecule has 2 aromatic rings. The molecule has 0 saturated carbocycles. The molecule has 0 aliphatic carbocycles. The number of carbonyl (C=O) groups is 2. The van der Waals surface area contributed by atoms with Crippen LogP contribution in [-0.2, 0) is 9.53 Å². The zero-order chi connectivity index (χ0) is 25.4. The van der Waals surface area contributed by atoms with Crippen LogP contribution in [0.15, 0.2) is 30.5 Å². The van der Waals surface area contributed by atoms with Crippen LogP contribution >= 0.6 is 0 Å². The second-order valence-electron chi connectivity index (χ2n) is 7.95. The van der Waals surface area contributed by atoms with Gasteiger partial charge in [0, 0.05) is 29.3 Å². The van der Waals surface area contributed by atoms with Crippen LogP contribution in [0.3, 0.4) is 0 Å². The van der Waals surface area contributed by atoms with Crippen LogP contribution in [0.1, 0.15) is 42.2 Å². The third-order valence-electron chi connectivity index (χ3n) is 6.02. The highest BCUT2D eigenvalue weighted by atomic mass is 19.4. The summed E-state index contributed by atoms with van der Waals surface area (Å²) in [6.07, 6.45) is -5.58. The van der Waals surface area contributed by atoms with Gasteiger partial charge in [0.25, 0.3) is 11.8 Å². The molecule has 4 atom stereocenters. The Labute approximate surface area is 191 Å². The van der Waals surface area contributed by atoms with E-state index in [9.17, 15) is 31.5 Å². The maximum Gasteiger partial charge on any atom is 0.417 e. The van der Waals surface area contributed by atoms with Crippen molar-refractivity contribution in [1.29, 1.82) is 0 Å². The number of amides is 2. The van der Waals surface area contributed by atoms with Crippen LogP contribution in [0, 0.1) is 17.6 Å². The van der Waals surface area contributed by atoms with E-state index in [2.05, 4.69) is 10.3 Å². The summed E-state index contributed by atoms with van der Waals surface area (Å²) >= 11 is 0. The summed E-state index contributed by atoms with van der Waals surface area (Å²) < 4.78 is 80.9. The van der Waals surface area contributed by atoms with E-state index in [1.807, 2.05) is 0 Å². The van der Waals surface area contributed by atoms with Crippen molar-refractivity contribution >= 4 is 17.5 Å². The van der Waals surface area contributed by atoms with E-state index in [1.165, 1.54) is 19.2 Å². The molecular weight excluding hydrogens is 465 g/mol. The fourth-order valence-electron chi connectivity index (χ4n) is 4.37. The minimum Gasteiger partial charge on any atom is -0.493 e. The molecule has 0 unspecified atom stereocenters. The molecular formula is C22H22F5N3O4. The first-order chi connectivity index (χ1) is 15.9. The molecule has 0 spiro atoms. The maximum absolute atomic E-state index is 14.5. The molecule has 0 radical (unpaired) electrons. The van der Waals surface area contributed by atoms with Crippen LogP contribution < -0.4 is 15.8 Å². The van der Waals surface area contributed by atoms with E-state index in [0.29, 0.717) is 0 Å². The topological polar surface area (TPSA) is 104 Å². The van der Waals surface area contributed by atoms with Crippen LogP contribution in [0.2, 0.25) is 0 Å². The number of rotatable bonds is 6. The van der Waals surface area contributed by atoms with Gasteiger partial charge in [0.15, 0.2) is 17.2 Å². The third-order valence-corrected chi connectivity index (χ3v) is 6.02. The summed E-state index contributed by atoms with van der Waals surface area (Å²) in [5.74, 6) is -7.84. The van der Waals surface area contributed by atoms with Crippen molar-refractivity contribution in [2.45, 2.75) is 44.1 Å². The molecule has 1 saturated heterocycles.